The maximum absolute atomic E-state index is 11.4. The van der Waals surface area contributed by atoms with Crippen LogP contribution in [0.1, 0.15) is 43.0 Å². The Labute approximate surface area is 125 Å². The van der Waals surface area contributed by atoms with Gasteiger partial charge in [0.1, 0.15) is 0 Å². The molecule has 0 amide bonds. The molecule has 2 aromatic rings. The predicted molar refractivity (Wildman–Crippen MR) is 87.8 cm³/mol. The highest BCUT2D eigenvalue weighted by Gasteiger charge is 2.18. The lowest BCUT2D eigenvalue weighted by Gasteiger charge is -2.27. The molecule has 0 unspecified atom stereocenters. The van der Waals surface area contributed by atoms with Crippen molar-refractivity contribution in [2.45, 2.75) is 44.7 Å². The summed E-state index contributed by atoms with van der Waals surface area (Å²) in [7, 11) is 0. The van der Waals surface area contributed by atoms with Crippen molar-refractivity contribution < 1.29 is 4.79 Å². The minimum absolute atomic E-state index is 0.109. The highest BCUT2D eigenvalue weighted by Crippen LogP contribution is 2.25. The Morgan fingerprint density at radius 1 is 1.05 bits per heavy atom. The zero-order valence-electron chi connectivity index (χ0n) is 12.4. The number of rotatable bonds is 3. The maximum atomic E-state index is 11.4. The second kappa shape index (κ2) is 5.86. The Bertz CT molecular complexity index is 657. The third-order valence-electron chi connectivity index (χ3n) is 4.39. The van der Waals surface area contributed by atoms with Gasteiger partial charge < -0.3 is 11.1 Å². The molecule has 2 aromatic carbocycles. The smallest absolute Gasteiger partial charge is 0.159 e. The van der Waals surface area contributed by atoms with Crippen LogP contribution >= 0.6 is 0 Å². The Morgan fingerprint density at radius 2 is 1.71 bits per heavy atom. The van der Waals surface area contributed by atoms with Crippen molar-refractivity contribution in [1.29, 1.82) is 0 Å². The number of ketones is 1. The van der Waals surface area contributed by atoms with Crippen molar-refractivity contribution in [3.05, 3.63) is 42.0 Å². The van der Waals surface area contributed by atoms with Gasteiger partial charge in [0.05, 0.1) is 0 Å². The number of fused-ring (bicyclic) bond motifs is 1. The van der Waals surface area contributed by atoms with Crippen LogP contribution in [-0.2, 0) is 0 Å². The number of hydrogen-bond donors (Lipinski definition) is 2. The van der Waals surface area contributed by atoms with Gasteiger partial charge in [-0.15, -0.1) is 0 Å². The van der Waals surface area contributed by atoms with Gasteiger partial charge in [-0.3, -0.25) is 4.79 Å². The molecule has 1 aliphatic carbocycles. The second-order valence-electron chi connectivity index (χ2n) is 6.09. The molecular weight excluding hydrogens is 260 g/mol. The summed E-state index contributed by atoms with van der Waals surface area (Å²) in [4.78, 5) is 11.4. The summed E-state index contributed by atoms with van der Waals surface area (Å²) < 4.78 is 0. The second-order valence-corrected chi connectivity index (χ2v) is 6.09. The summed E-state index contributed by atoms with van der Waals surface area (Å²) in [6, 6.07) is 13.1. The van der Waals surface area contributed by atoms with Gasteiger partial charge in [-0.1, -0.05) is 18.2 Å². The minimum Gasteiger partial charge on any atom is -0.382 e. The summed E-state index contributed by atoms with van der Waals surface area (Å²) in [5.74, 6) is 0.109. The van der Waals surface area contributed by atoms with Crippen LogP contribution < -0.4 is 11.1 Å². The van der Waals surface area contributed by atoms with Crippen LogP contribution in [0.5, 0.6) is 0 Å². The molecule has 0 bridgehead atoms. The van der Waals surface area contributed by atoms with Crippen LogP contribution in [0.25, 0.3) is 10.8 Å². The van der Waals surface area contributed by atoms with E-state index in [0.29, 0.717) is 12.1 Å². The molecule has 0 aliphatic heterocycles. The van der Waals surface area contributed by atoms with Crippen molar-refractivity contribution in [3.63, 3.8) is 0 Å². The Hall–Kier alpha value is -1.87. The van der Waals surface area contributed by atoms with Gasteiger partial charge in [-0.05, 0) is 61.6 Å². The maximum Gasteiger partial charge on any atom is 0.159 e. The average Bonchev–Trinajstić information content (AvgIpc) is 2.49. The summed E-state index contributed by atoms with van der Waals surface area (Å²) in [6.07, 6.45) is 4.49. The Balaban J connectivity index is 1.78. The largest absolute Gasteiger partial charge is 0.382 e. The molecule has 0 radical (unpaired) electrons. The molecule has 0 saturated heterocycles. The van der Waals surface area contributed by atoms with Gasteiger partial charge in [-0.25, -0.2) is 0 Å². The molecule has 1 fully saturated rings. The van der Waals surface area contributed by atoms with Crippen molar-refractivity contribution in [1.82, 2.24) is 0 Å². The topological polar surface area (TPSA) is 55.1 Å². The van der Waals surface area contributed by atoms with Gasteiger partial charge in [0.25, 0.3) is 0 Å². The monoisotopic (exact) mass is 282 g/mol. The third kappa shape index (κ3) is 3.24. The summed E-state index contributed by atoms with van der Waals surface area (Å²) in [6.45, 7) is 1.60. The van der Waals surface area contributed by atoms with E-state index in [4.69, 9.17) is 5.73 Å². The fourth-order valence-corrected chi connectivity index (χ4v) is 3.05. The van der Waals surface area contributed by atoms with E-state index in [0.717, 1.165) is 47.7 Å². The molecule has 0 atom stereocenters. The summed E-state index contributed by atoms with van der Waals surface area (Å²) >= 11 is 0. The van der Waals surface area contributed by atoms with E-state index in [9.17, 15) is 4.79 Å². The zero-order valence-corrected chi connectivity index (χ0v) is 12.4. The number of benzene rings is 2. The number of carbonyl (C=O) groups is 1. The third-order valence-corrected chi connectivity index (χ3v) is 4.39. The fourth-order valence-electron chi connectivity index (χ4n) is 3.05. The first-order valence-corrected chi connectivity index (χ1v) is 7.69. The van der Waals surface area contributed by atoms with Crippen LogP contribution in [0.4, 0.5) is 5.69 Å². The van der Waals surface area contributed by atoms with Crippen molar-refractivity contribution in [3.8, 4) is 0 Å². The zero-order chi connectivity index (χ0) is 14.8. The van der Waals surface area contributed by atoms with Gasteiger partial charge in [0.15, 0.2) is 5.78 Å². The summed E-state index contributed by atoms with van der Waals surface area (Å²) in [5.41, 5.74) is 7.87. The highest BCUT2D eigenvalue weighted by molar-refractivity contribution is 5.99. The Morgan fingerprint density at radius 3 is 2.43 bits per heavy atom. The molecule has 110 valence electrons. The normalized spacial score (nSPS) is 22.2. The number of carbonyl (C=O) groups excluding carboxylic acids is 1. The summed E-state index contributed by atoms with van der Waals surface area (Å²) in [5, 5.41) is 5.88. The molecule has 3 heteroatoms. The predicted octanol–water partition coefficient (Wildman–Crippen LogP) is 3.72. The van der Waals surface area contributed by atoms with Gasteiger partial charge in [-0.2, -0.15) is 0 Å². The lowest BCUT2D eigenvalue weighted by Crippen LogP contribution is -2.32. The van der Waals surface area contributed by atoms with Gasteiger partial charge >= 0.3 is 0 Å². The van der Waals surface area contributed by atoms with Crippen LogP contribution in [0.15, 0.2) is 36.4 Å². The molecule has 0 spiro atoms. The van der Waals surface area contributed by atoms with Crippen LogP contribution in [0.2, 0.25) is 0 Å². The van der Waals surface area contributed by atoms with Crippen molar-refractivity contribution in [2.75, 3.05) is 5.32 Å². The quantitative estimate of drug-likeness (QED) is 0.843. The molecule has 21 heavy (non-hydrogen) atoms. The van der Waals surface area contributed by atoms with E-state index in [-0.39, 0.29) is 5.78 Å². The standard InChI is InChI=1S/C18H22N2O/c1-12(21)13-2-3-15-11-18(7-4-14(15)10-13)20-17-8-5-16(19)6-9-17/h2-4,7,10-11,16-17,20H,5-6,8-9,19H2,1H3. The van der Waals surface area contributed by atoms with E-state index >= 15 is 0 Å². The molecule has 1 aliphatic rings. The Kier molecular flexibility index (Phi) is 3.93. The molecule has 0 aromatic heterocycles. The average molecular weight is 282 g/mol. The van der Waals surface area contributed by atoms with E-state index in [2.05, 4.69) is 23.5 Å². The van der Waals surface area contributed by atoms with Crippen LogP contribution in [-0.4, -0.2) is 17.9 Å². The first kappa shape index (κ1) is 14.1. The molecule has 3 rings (SSSR count). The first-order valence-electron chi connectivity index (χ1n) is 7.69. The molecule has 3 nitrogen and oxygen atoms in total. The first-order chi connectivity index (χ1) is 10.1. The number of Topliss-reactive ketones (excluding diaryl/α,β-unsaturated/α-hetero) is 1. The fraction of sp³-hybridized carbons (Fsp3) is 0.389. The molecule has 1 saturated carbocycles. The minimum atomic E-state index is 0.109. The van der Waals surface area contributed by atoms with E-state index in [1.54, 1.807) is 6.92 Å². The SMILES string of the molecule is CC(=O)c1ccc2cc(NC3CCC(N)CC3)ccc2c1. The van der Waals surface area contributed by atoms with Crippen LogP contribution in [0, 0.1) is 0 Å². The van der Waals surface area contributed by atoms with Crippen molar-refractivity contribution >= 4 is 22.2 Å². The van der Waals surface area contributed by atoms with Crippen molar-refractivity contribution in [2.24, 2.45) is 5.73 Å². The highest BCUT2D eigenvalue weighted by atomic mass is 16.1. The van der Waals surface area contributed by atoms with Crippen LogP contribution in [0.3, 0.4) is 0 Å². The van der Waals surface area contributed by atoms with E-state index in [1.807, 2.05) is 18.2 Å². The number of anilines is 1. The molecule has 0 heterocycles. The lowest BCUT2D eigenvalue weighted by atomic mass is 9.91. The molecule has 3 N–H and O–H groups in total. The van der Waals surface area contributed by atoms with Gasteiger partial charge in [0.2, 0.25) is 0 Å². The van der Waals surface area contributed by atoms with Gasteiger partial charge in [0, 0.05) is 23.3 Å². The number of nitrogens with one attached hydrogen (secondary N) is 1. The number of nitrogens with two attached hydrogens (primary N) is 1. The van der Waals surface area contributed by atoms with E-state index in [1.165, 1.54) is 0 Å². The lowest BCUT2D eigenvalue weighted by molar-refractivity contribution is 0.101. The number of hydrogen-bond acceptors (Lipinski definition) is 3. The molecular formula is C18H22N2O. The van der Waals surface area contributed by atoms with E-state index < -0.39 is 0 Å².